The molecule has 140 valence electrons. The Bertz CT molecular complexity index is 860. The molecule has 0 saturated carbocycles. The van der Waals surface area contributed by atoms with Crippen LogP contribution in [0.5, 0.6) is 0 Å². The van der Waals surface area contributed by atoms with Crippen LogP contribution in [0.25, 0.3) is 0 Å². The summed E-state index contributed by atoms with van der Waals surface area (Å²) in [6.45, 7) is 3.01. The second-order valence-corrected chi connectivity index (χ2v) is 6.84. The van der Waals surface area contributed by atoms with Crippen molar-refractivity contribution < 1.29 is 14.3 Å². The molecule has 0 radical (unpaired) electrons. The van der Waals surface area contributed by atoms with Gasteiger partial charge in [-0.25, -0.2) is 0 Å². The molecule has 2 aliphatic rings. The fourth-order valence-electron chi connectivity index (χ4n) is 3.57. The molecule has 2 amide bonds. The van der Waals surface area contributed by atoms with Gasteiger partial charge in [-0.3, -0.25) is 9.59 Å². The largest absolute Gasteiger partial charge is 0.378 e. The van der Waals surface area contributed by atoms with E-state index in [4.69, 9.17) is 4.74 Å². The van der Waals surface area contributed by atoms with E-state index >= 15 is 0 Å². The summed E-state index contributed by atoms with van der Waals surface area (Å²) in [5.41, 5.74) is 4.23. The molecule has 0 spiro atoms. The van der Waals surface area contributed by atoms with Gasteiger partial charge >= 0.3 is 0 Å². The maximum Gasteiger partial charge on any atom is 0.255 e. The number of fused-ring (bicyclic) bond motifs is 1. The van der Waals surface area contributed by atoms with E-state index in [1.165, 1.54) is 0 Å². The first-order chi connectivity index (χ1) is 13.2. The molecule has 2 aromatic rings. The van der Waals surface area contributed by atoms with E-state index in [9.17, 15) is 9.59 Å². The number of carbonyl (C=O) groups excluding carboxylic acids is 2. The normalized spacial score (nSPS) is 16.9. The van der Waals surface area contributed by atoms with Crippen LogP contribution in [0.1, 0.15) is 28.8 Å². The van der Waals surface area contributed by atoms with Gasteiger partial charge < -0.3 is 20.3 Å². The summed E-state index contributed by atoms with van der Waals surface area (Å²) in [5, 5.41) is 5.95. The van der Waals surface area contributed by atoms with Gasteiger partial charge in [0, 0.05) is 30.8 Å². The molecule has 4 rings (SSSR count). The fourth-order valence-corrected chi connectivity index (χ4v) is 3.57. The van der Waals surface area contributed by atoms with Crippen molar-refractivity contribution in [3.63, 3.8) is 0 Å². The Morgan fingerprint density at radius 2 is 1.89 bits per heavy atom. The summed E-state index contributed by atoms with van der Waals surface area (Å²) in [7, 11) is 0. The quantitative estimate of drug-likeness (QED) is 0.877. The first kappa shape index (κ1) is 17.5. The lowest BCUT2D eigenvalue weighted by Gasteiger charge is -2.30. The second kappa shape index (κ2) is 7.80. The van der Waals surface area contributed by atoms with Gasteiger partial charge in [0.2, 0.25) is 5.91 Å². The zero-order valence-electron chi connectivity index (χ0n) is 15.2. The van der Waals surface area contributed by atoms with Crippen molar-refractivity contribution >= 4 is 28.9 Å². The van der Waals surface area contributed by atoms with E-state index in [1.807, 2.05) is 36.4 Å². The molecule has 0 aliphatic carbocycles. The first-order valence-electron chi connectivity index (χ1n) is 9.36. The van der Waals surface area contributed by atoms with Crippen molar-refractivity contribution in [2.45, 2.75) is 19.3 Å². The van der Waals surface area contributed by atoms with Gasteiger partial charge in [-0.2, -0.15) is 0 Å². The molecule has 0 bridgehead atoms. The molecule has 2 aliphatic heterocycles. The smallest absolute Gasteiger partial charge is 0.255 e. The number of carbonyl (C=O) groups is 2. The highest BCUT2D eigenvalue weighted by Gasteiger charge is 2.18. The summed E-state index contributed by atoms with van der Waals surface area (Å²) >= 11 is 0. The maximum absolute atomic E-state index is 12.8. The van der Waals surface area contributed by atoms with E-state index in [0.29, 0.717) is 25.2 Å². The van der Waals surface area contributed by atoms with Crippen LogP contribution in [0.4, 0.5) is 17.1 Å². The third kappa shape index (κ3) is 3.95. The zero-order chi connectivity index (χ0) is 18.6. The Kier molecular flexibility index (Phi) is 5.07. The highest BCUT2D eigenvalue weighted by atomic mass is 16.5. The van der Waals surface area contributed by atoms with Crippen LogP contribution in [0.2, 0.25) is 0 Å². The average molecular weight is 365 g/mol. The molecule has 2 N–H and O–H groups in total. The third-order valence-electron chi connectivity index (χ3n) is 5.00. The van der Waals surface area contributed by atoms with Gasteiger partial charge in [0.05, 0.1) is 24.6 Å². The van der Waals surface area contributed by atoms with Crippen LogP contribution >= 0.6 is 0 Å². The predicted octanol–water partition coefficient (Wildman–Crippen LogP) is 3.05. The number of amides is 2. The Balaban J connectivity index is 1.55. The highest BCUT2D eigenvalue weighted by Crippen LogP contribution is 2.28. The number of hydrogen-bond donors (Lipinski definition) is 2. The van der Waals surface area contributed by atoms with Crippen molar-refractivity contribution in [2.75, 3.05) is 41.8 Å². The number of benzene rings is 2. The minimum Gasteiger partial charge on any atom is -0.378 e. The standard InChI is InChI=1S/C21H23N3O3/c25-20-7-3-4-15-14-16(8-9-17(15)22-20)21(26)23-18-5-1-2-6-19(18)24-10-12-27-13-11-24/h1-2,5-6,8-9,14H,3-4,7,10-13H2,(H,22,25)(H,23,26). The van der Waals surface area contributed by atoms with E-state index in [2.05, 4.69) is 15.5 Å². The molecule has 2 heterocycles. The van der Waals surface area contributed by atoms with Gasteiger partial charge in [0.25, 0.3) is 5.91 Å². The number of ether oxygens (including phenoxy) is 1. The van der Waals surface area contributed by atoms with E-state index in [0.717, 1.165) is 48.6 Å². The SMILES string of the molecule is O=C1CCCc2cc(C(=O)Nc3ccccc3N3CCOCC3)ccc2N1. The molecule has 6 nitrogen and oxygen atoms in total. The molecule has 0 unspecified atom stereocenters. The van der Waals surface area contributed by atoms with Crippen LogP contribution in [-0.4, -0.2) is 38.1 Å². The molecule has 0 atom stereocenters. The summed E-state index contributed by atoms with van der Waals surface area (Å²) in [6, 6.07) is 13.3. The number of para-hydroxylation sites is 2. The lowest BCUT2D eigenvalue weighted by Crippen LogP contribution is -2.36. The molecule has 27 heavy (non-hydrogen) atoms. The third-order valence-corrected chi connectivity index (χ3v) is 5.00. The molecule has 2 aromatic carbocycles. The van der Waals surface area contributed by atoms with Crippen molar-refractivity contribution in [3.05, 3.63) is 53.6 Å². The minimum absolute atomic E-state index is 0.0328. The van der Waals surface area contributed by atoms with Crippen LogP contribution in [-0.2, 0) is 16.0 Å². The summed E-state index contributed by atoms with van der Waals surface area (Å²) in [5.74, 6) is -0.112. The Labute approximate surface area is 158 Å². The molecule has 0 aromatic heterocycles. The summed E-state index contributed by atoms with van der Waals surface area (Å²) in [4.78, 5) is 26.8. The van der Waals surface area contributed by atoms with Crippen LogP contribution in [0.15, 0.2) is 42.5 Å². The summed E-state index contributed by atoms with van der Waals surface area (Å²) in [6.07, 6.45) is 2.10. The molecule has 1 saturated heterocycles. The number of anilines is 3. The summed E-state index contributed by atoms with van der Waals surface area (Å²) < 4.78 is 5.42. The van der Waals surface area contributed by atoms with Gasteiger partial charge in [-0.05, 0) is 48.7 Å². The van der Waals surface area contributed by atoms with Crippen molar-refractivity contribution in [1.29, 1.82) is 0 Å². The molecular weight excluding hydrogens is 342 g/mol. The second-order valence-electron chi connectivity index (χ2n) is 6.84. The first-order valence-corrected chi connectivity index (χ1v) is 9.36. The molecule has 6 heteroatoms. The van der Waals surface area contributed by atoms with E-state index in [1.54, 1.807) is 6.07 Å². The van der Waals surface area contributed by atoms with Gasteiger partial charge in [0.1, 0.15) is 0 Å². The molecule has 1 fully saturated rings. The van der Waals surface area contributed by atoms with Crippen LogP contribution < -0.4 is 15.5 Å². The zero-order valence-corrected chi connectivity index (χ0v) is 15.2. The van der Waals surface area contributed by atoms with Crippen LogP contribution in [0.3, 0.4) is 0 Å². The topological polar surface area (TPSA) is 70.7 Å². The monoisotopic (exact) mass is 365 g/mol. The van der Waals surface area contributed by atoms with Gasteiger partial charge in [-0.15, -0.1) is 0 Å². The number of rotatable bonds is 3. The number of aryl methyl sites for hydroxylation is 1. The minimum atomic E-state index is -0.144. The number of nitrogens with zero attached hydrogens (tertiary/aromatic N) is 1. The number of morpholine rings is 1. The predicted molar refractivity (Wildman–Crippen MR) is 105 cm³/mol. The maximum atomic E-state index is 12.8. The Hall–Kier alpha value is -2.86. The average Bonchev–Trinajstić information content (AvgIpc) is 2.89. The lowest BCUT2D eigenvalue weighted by atomic mass is 10.0. The van der Waals surface area contributed by atoms with Crippen molar-refractivity contribution in [2.24, 2.45) is 0 Å². The lowest BCUT2D eigenvalue weighted by molar-refractivity contribution is -0.116. The highest BCUT2D eigenvalue weighted by molar-refractivity contribution is 6.06. The van der Waals surface area contributed by atoms with Gasteiger partial charge in [-0.1, -0.05) is 12.1 Å². The number of nitrogens with one attached hydrogen (secondary N) is 2. The van der Waals surface area contributed by atoms with Gasteiger partial charge in [0.15, 0.2) is 0 Å². The van der Waals surface area contributed by atoms with Crippen molar-refractivity contribution in [1.82, 2.24) is 0 Å². The fraction of sp³-hybridized carbons (Fsp3) is 0.333. The Morgan fingerprint density at radius 3 is 2.74 bits per heavy atom. The van der Waals surface area contributed by atoms with Crippen molar-refractivity contribution in [3.8, 4) is 0 Å². The molecular formula is C21H23N3O3. The Morgan fingerprint density at radius 1 is 1.07 bits per heavy atom. The number of hydrogen-bond acceptors (Lipinski definition) is 4. The van der Waals surface area contributed by atoms with Crippen LogP contribution in [0, 0.1) is 0 Å². The van der Waals surface area contributed by atoms with E-state index in [-0.39, 0.29) is 11.8 Å². The van der Waals surface area contributed by atoms with E-state index < -0.39 is 0 Å².